The van der Waals surface area contributed by atoms with Crippen LogP contribution in [0.5, 0.6) is 0 Å². The lowest BCUT2D eigenvalue weighted by atomic mass is 9.82. The van der Waals surface area contributed by atoms with Gasteiger partial charge in [0, 0.05) is 25.4 Å². The van der Waals surface area contributed by atoms with Crippen LogP contribution in [0.25, 0.3) is 5.65 Å². The van der Waals surface area contributed by atoms with E-state index < -0.39 is 11.6 Å². The molecule has 2 aromatic rings. The van der Waals surface area contributed by atoms with Gasteiger partial charge in [-0.15, -0.1) is 0 Å². The average molecular weight is 369 g/mol. The Labute approximate surface area is 156 Å². The SMILES string of the molecule is O=C(CN1C(=O)NC2(CCCCC2)C1=O)NCCc1cn2ccccc2n1. The summed E-state index contributed by atoms with van der Waals surface area (Å²) < 4.78 is 1.92. The fourth-order valence-electron chi connectivity index (χ4n) is 3.95. The molecule has 2 fully saturated rings. The summed E-state index contributed by atoms with van der Waals surface area (Å²) in [6.07, 6.45) is 8.66. The number of urea groups is 1. The molecule has 2 N–H and O–H groups in total. The van der Waals surface area contributed by atoms with Crippen LogP contribution < -0.4 is 10.6 Å². The Morgan fingerprint density at radius 3 is 2.81 bits per heavy atom. The van der Waals surface area contributed by atoms with E-state index in [0.29, 0.717) is 25.8 Å². The summed E-state index contributed by atoms with van der Waals surface area (Å²) in [5, 5.41) is 5.59. The monoisotopic (exact) mass is 369 g/mol. The lowest BCUT2D eigenvalue weighted by molar-refractivity contribution is -0.135. The number of hydrogen-bond donors (Lipinski definition) is 2. The van der Waals surface area contributed by atoms with Crippen LogP contribution >= 0.6 is 0 Å². The molecule has 0 aromatic carbocycles. The van der Waals surface area contributed by atoms with E-state index in [1.54, 1.807) is 0 Å². The van der Waals surface area contributed by atoms with Gasteiger partial charge in [-0.05, 0) is 25.0 Å². The number of rotatable bonds is 5. The maximum absolute atomic E-state index is 12.7. The standard InChI is InChI=1S/C19H23N5O3/c25-16(20-10-7-14-12-23-11-5-2-6-15(23)21-14)13-24-17(26)19(22-18(24)27)8-3-1-4-9-19/h2,5-6,11-12H,1,3-4,7-10,13H2,(H,20,25)(H,22,27). The van der Waals surface area contributed by atoms with Gasteiger partial charge in [-0.2, -0.15) is 0 Å². The van der Waals surface area contributed by atoms with Crippen molar-refractivity contribution in [1.29, 1.82) is 0 Å². The largest absolute Gasteiger partial charge is 0.354 e. The molecule has 0 unspecified atom stereocenters. The van der Waals surface area contributed by atoms with Gasteiger partial charge in [0.25, 0.3) is 5.91 Å². The number of carbonyl (C=O) groups is 3. The molecule has 1 saturated carbocycles. The quantitative estimate of drug-likeness (QED) is 0.776. The van der Waals surface area contributed by atoms with E-state index >= 15 is 0 Å². The van der Waals surface area contributed by atoms with Gasteiger partial charge in [0.05, 0.1) is 5.69 Å². The Kier molecular flexibility index (Phi) is 4.55. The predicted octanol–water partition coefficient (Wildman–Crippen LogP) is 1.25. The van der Waals surface area contributed by atoms with Crippen LogP contribution in [0, 0.1) is 0 Å². The number of imidazole rings is 1. The van der Waals surface area contributed by atoms with E-state index in [4.69, 9.17) is 0 Å². The molecule has 1 aliphatic heterocycles. The summed E-state index contributed by atoms with van der Waals surface area (Å²) in [7, 11) is 0. The van der Waals surface area contributed by atoms with Crippen molar-refractivity contribution in [1.82, 2.24) is 24.9 Å². The van der Waals surface area contributed by atoms with Crippen LogP contribution in [-0.2, 0) is 16.0 Å². The zero-order valence-corrected chi connectivity index (χ0v) is 15.1. The van der Waals surface area contributed by atoms with E-state index in [-0.39, 0.29) is 18.4 Å². The van der Waals surface area contributed by atoms with E-state index in [0.717, 1.165) is 35.5 Å². The number of pyridine rings is 1. The van der Waals surface area contributed by atoms with Gasteiger partial charge >= 0.3 is 6.03 Å². The van der Waals surface area contributed by atoms with Crippen molar-refractivity contribution in [2.24, 2.45) is 0 Å². The average Bonchev–Trinajstić information content (AvgIpc) is 3.17. The van der Waals surface area contributed by atoms with E-state index in [1.807, 2.05) is 35.0 Å². The van der Waals surface area contributed by atoms with Crippen LogP contribution in [-0.4, -0.2) is 50.8 Å². The summed E-state index contributed by atoms with van der Waals surface area (Å²) in [6, 6.07) is 5.31. The van der Waals surface area contributed by atoms with Crippen LogP contribution in [0.1, 0.15) is 37.8 Å². The number of carbonyl (C=O) groups excluding carboxylic acids is 3. The summed E-state index contributed by atoms with van der Waals surface area (Å²) >= 11 is 0. The second kappa shape index (κ2) is 7.02. The summed E-state index contributed by atoms with van der Waals surface area (Å²) in [5.41, 5.74) is 0.945. The molecule has 1 spiro atoms. The molecular weight excluding hydrogens is 346 g/mol. The first kappa shape index (κ1) is 17.5. The van der Waals surface area contributed by atoms with Crippen molar-refractivity contribution in [2.75, 3.05) is 13.1 Å². The highest BCUT2D eigenvalue weighted by Gasteiger charge is 2.51. The number of nitrogens with zero attached hydrogens (tertiary/aromatic N) is 3. The molecule has 1 aliphatic carbocycles. The van der Waals surface area contributed by atoms with Crippen molar-refractivity contribution >= 4 is 23.5 Å². The van der Waals surface area contributed by atoms with Gasteiger partial charge in [0.1, 0.15) is 17.7 Å². The van der Waals surface area contributed by atoms with Crippen molar-refractivity contribution in [3.05, 3.63) is 36.3 Å². The van der Waals surface area contributed by atoms with Crippen LogP contribution in [0.3, 0.4) is 0 Å². The number of aromatic nitrogens is 2. The summed E-state index contributed by atoms with van der Waals surface area (Å²) in [4.78, 5) is 42.6. The molecule has 3 heterocycles. The fraction of sp³-hybridized carbons (Fsp3) is 0.474. The Hall–Kier alpha value is -2.90. The lowest BCUT2D eigenvalue weighted by Crippen LogP contribution is -2.49. The van der Waals surface area contributed by atoms with E-state index in [9.17, 15) is 14.4 Å². The Morgan fingerprint density at radius 2 is 2.04 bits per heavy atom. The van der Waals surface area contributed by atoms with Crippen molar-refractivity contribution < 1.29 is 14.4 Å². The Morgan fingerprint density at radius 1 is 1.22 bits per heavy atom. The molecule has 1 saturated heterocycles. The highest BCUT2D eigenvalue weighted by molar-refractivity contribution is 6.09. The normalized spacial score (nSPS) is 18.9. The third-order valence-corrected chi connectivity index (χ3v) is 5.37. The third kappa shape index (κ3) is 3.39. The zero-order valence-electron chi connectivity index (χ0n) is 15.1. The molecule has 2 aliphatic rings. The second-order valence-corrected chi connectivity index (χ2v) is 7.26. The minimum absolute atomic E-state index is 0.239. The minimum Gasteiger partial charge on any atom is -0.354 e. The second-order valence-electron chi connectivity index (χ2n) is 7.26. The number of nitrogens with one attached hydrogen (secondary N) is 2. The van der Waals surface area contributed by atoms with Gasteiger partial charge in [-0.3, -0.25) is 14.5 Å². The smallest absolute Gasteiger partial charge is 0.325 e. The summed E-state index contributed by atoms with van der Waals surface area (Å²) in [6.45, 7) is 0.162. The fourth-order valence-corrected chi connectivity index (χ4v) is 3.95. The highest BCUT2D eigenvalue weighted by Crippen LogP contribution is 2.33. The molecule has 8 nitrogen and oxygen atoms in total. The van der Waals surface area contributed by atoms with E-state index in [1.165, 1.54) is 0 Å². The van der Waals surface area contributed by atoms with Crippen molar-refractivity contribution in [3.8, 4) is 0 Å². The Bertz CT molecular complexity index is 851. The van der Waals surface area contributed by atoms with Gasteiger partial charge in [0.2, 0.25) is 5.91 Å². The van der Waals surface area contributed by atoms with Gasteiger partial charge in [-0.1, -0.05) is 25.3 Å². The molecule has 142 valence electrons. The lowest BCUT2D eigenvalue weighted by Gasteiger charge is -2.30. The maximum atomic E-state index is 12.7. The zero-order chi connectivity index (χ0) is 18.9. The number of hydrogen-bond acceptors (Lipinski definition) is 4. The number of imide groups is 1. The molecule has 2 aromatic heterocycles. The number of fused-ring (bicyclic) bond motifs is 1. The minimum atomic E-state index is -0.786. The molecule has 4 rings (SSSR count). The maximum Gasteiger partial charge on any atom is 0.325 e. The predicted molar refractivity (Wildman–Crippen MR) is 98.0 cm³/mol. The molecule has 27 heavy (non-hydrogen) atoms. The van der Waals surface area contributed by atoms with E-state index in [2.05, 4.69) is 15.6 Å². The van der Waals surface area contributed by atoms with Crippen molar-refractivity contribution in [2.45, 2.75) is 44.1 Å². The van der Waals surface area contributed by atoms with Gasteiger partial charge in [0.15, 0.2) is 0 Å². The molecule has 0 radical (unpaired) electrons. The van der Waals surface area contributed by atoms with Gasteiger partial charge < -0.3 is 15.0 Å². The summed E-state index contributed by atoms with van der Waals surface area (Å²) in [5.74, 6) is -0.599. The van der Waals surface area contributed by atoms with Crippen LogP contribution in [0.15, 0.2) is 30.6 Å². The van der Waals surface area contributed by atoms with Crippen LogP contribution in [0.2, 0.25) is 0 Å². The molecule has 4 amide bonds. The van der Waals surface area contributed by atoms with Crippen LogP contribution in [0.4, 0.5) is 4.79 Å². The third-order valence-electron chi connectivity index (χ3n) is 5.37. The Balaban J connectivity index is 1.30. The first-order valence-corrected chi connectivity index (χ1v) is 9.41. The molecule has 0 atom stereocenters. The molecular formula is C19H23N5O3. The van der Waals surface area contributed by atoms with Crippen molar-refractivity contribution in [3.63, 3.8) is 0 Å². The highest BCUT2D eigenvalue weighted by atomic mass is 16.2. The molecule has 0 bridgehead atoms. The first-order valence-electron chi connectivity index (χ1n) is 9.41. The molecule has 8 heteroatoms. The van der Waals surface area contributed by atoms with Gasteiger partial charge in [-0.25, -0.2) is 9.78 Å². The topological polar surface area (TPSA) is 95.8 Å². The first-order chi connectivity index (χ1) is 13.1. The number of amides is 4.